The summed E-state index contributed by atoms with van der Waals surface area (Å²) in [6.45, 7) is 6.36. The van der Waals surface area contributed by atoms with Gasteiger partial charge in [0.1, 0.15) is 0 Å². The van der Waals surface area contributed by atoms with Crippen molar-refractivity contribution < 1.29 is 13.2 Å². The Labute approximate surface area is 189 Å². The zero-order valence-electron chi connectivity index (χ0n) is 18.0. The van der Waals surface area contributed by atoms with Crippen molar-refractivity contribution in [1.82, 2.24) is 10.2 Å². The molecule has 0 aliphatic carbocycles. The second kappa shape index (κ2) is 9.74. The first-order valence-corrected chi connectivity index (χ1v) is 12.0. The Balaban J connectivity index is 1.76. The SMILES string of the molecule is C=C/C(=C\C=C(/N)N1CCS(=O)(=O)CC1)NC(=O)c1cccc(-c2ccc(N)cc2)c1C. The van der Waals surface area contributed by atoms with Crippen molar-refractivity contribution in [3.05, 3.63) is 89.9 Å². The first-order valence-electron chi connectivity index (χ1n) is 10.2. The molecule has 1 amide bonds. The van der Waals surface area contributed by atoms with Gasteiger partial charge in [-0.1, -0.05) is 30.8 Å². The minimum Gasteiger partial charge on any atom is -0.399 e. The van der Waals surface area contributed by atoms with Crippen LogP contribution in [-0.2, 0) is 9.84 Å². The molecule has 0 saturated carbocycles. The number of hydrogen-bond donors (Lipinski definition) is 3. The van der Waals surface area contributed by atoms with E-state index in [1.54, 1.807) is 23.1 Å². The number of amides is 1. The average Bonchev–Trinajstić information content (AvgIpc) is 2.77. The highest BCUT2D eigenvalue weighted by atomic mass is 32.2. The highest BCUT2D eigenvalue weighted by molar-refractivity contribution is 7.91. The van der Waals surface area contributed by atoms with Gasteiger partial charge in [0, 0.05) is 30.0 Å². The van der Waals surface area contributed by atoms with Gasteiger partial charge in [-0.15, -0.1) is 0 Å². The fraction of sp³-hybridized carbons (Fsp3) is 0.208. The van der Waals surface area contributed by atoms with Crippen molar-refractivity contribution >= 4 is 21.4 Å². The Morgan fingerprint density at radius 3 is 2.38 bits per heavy atom. The Morgan fingerprint density at radius 2 is 1.75 bits per heavy atom. The van der Waals surface area contributed by atoms with E-state index in [2.05, 4.69) is 11.9 Å². The van der Waals surface area contributed by atoms with Crippen LogP contribution in [0.5, 0.6) is 0 Å². The van der Waals surface area contributed by atoms with Crippen LogP contribution >= 0.6 is 0 Å². The topological polar surface area (TPSA) is 119 Å². The maximum atomic E-state index is 12.9. The van der Waals surface area contributed by atoms with Gasteiger partial charge in [0.25, 0.3) is 5.91 Å². The molecule has 3 rings (SSSR count). The number of nitrogens with two attached hydrogens (primary N) is 2. The molecule has 1 aliphatic rings. The van der Waals surface area contributed by atoms with E-state index in [1.165, 1.54) is 6.08 Å². The molecule has 168 valence electrons. The summed E-state index contributed by atoms with van der Waals surface area (Å²) in [6.07, 6.45) is 4.83. The predicted octanol–water partition coefficient (Wildman–Crippen LogP) is 2.57. The maximum absolute atomic E-state index is 12.9. The van der Waals surface area contributed by atoms with E-state index in [0.717, 1.165) is 16.7 Å². The van der Waals surface area contributed by atoms with E-state index in [0.29, 0.717) is 35.9 Å². The zero-order chi connectivity index (χ0) is 23.3. The van der Waals surface area contributed by atoms with Crippen LogP contribution in [0.25, 0.3) is 11.1 Å². The van der Waals surface area contributed by atoms with Crippen molar-refractivity contribution in [2.45, 2.75) is 6.92 Å². The quantitative estimate of drug-likeness (QED) is 0.458. The van der Waals surface area contributed by atoms with Crippen LogP contribution in [0.2, 0.25) is 0 Å². The van der Waals surface area contributed by atoms with Crippen molar-refractivity contribution in [2.75, 3.05) is 30.3 Å². The molecule has 32 heavy (non-hydrogen) atoms. The van der Waals surface area contributed by atoms with Gasteiger partial charge >= 0.3 is 0 Å². The summed E-state index contributed by atoms with van der Waals surface area (Å²) >= 11 is 0. The third-order valence-electron chi connectivity index (χ3n) is 5.42. The molecule has 2 aromatic carbocycles. The summed E-state index contributed by atoms with van der Waals surface area (Å²) in [6, 6.07) is 13.1. The first-order chi connectivity index (χ1) is 15.2. The van der Waals surface area contributed by atoms with Crippen LogP contribution in [0.4, 0.5) is 5.69 Å². The average molecular weight is 453 g/mol. The summed E-state index contributed by atoms with van der Waals surface area (Å²) in [7, 11) is -2.98. The number of carbonyl (C=O) groups excluding carboxylic acids is 1. The number of nitrogen functional groups attached to an aromatic ring is 1. The fourth-order valence-corrected chi connectivity index (χ4v) is 4.67. The molecule has 0 spiro atoms. The summed E-state index contributed by atoms with van der Waals surface area (Å²) in [5.74, 6) is 0.344. The van der Waals surface area contributed by atoms with Crippen molar-refractivity contribution in [3.63, 3.8) is 0 Å². The molecule has 7 nitrogen and oxygen atoms in total. The molecule has 1 saturated heterocycles. The van der Waals surface area contributed by atoms with Gasteiger partial charge in [0.15, 0.2) is 9.84 Å². The van der Waals surface area contributed by atoms with Crippen LogP contribution in [0.1, 0.15) is 15.9 Å². The van der Waals surface area contributed by atoms with Crippen molar-refractivity contribution in [2.24, 2.45) is 5.73 Å². The number of hydrogen-bond acceptors (Lipinski definition) is 6. The molecule has 0 unspecified atom stereocenters. The highest BCUT2D eigenvalue weighted by Gasteiger charge is 2.21. The van der Waals surface area contributed by atoms with E-state index in [4.69, 9.17) is 11.5 Å². The Hall–Kier alpha value is -3.52. The standard InChI is InChI=1S/C24H28N4O3S/c1-3-20(11-12-23(26)28-13-15-32(30,31)16-14-28)27-24(29)22-6-4-5-21(17(22)2)18-7-9-19(25)10-8-18/h3-12H,1,13-16,25-26H2,2H3,(H,27,29)/b20-11+,23-12+. The molecular weight excluding hydrogens is 424 g/mol. The molecule has 0 radical (unpaired) electrons. The van der Waals surface area contributed by atoms with Gasteiger partial charge in [0.05, 0.1) is 17.3 Å². The molecular formula is C24H28N4O3S. The van der Waals surface area contributed by atoms with Gasteiger partial charge in [0.2, 0.25) is 0 Å². The molecule has 8 heteroatoms. The minimum absolute atomic E-state index is 0.0833. The minimum atomic E-state index is -2.98. The smallest absolute Gasteiger partial charge is 0.255 e. The van der Waals surface area contributed by atoms with E-state index < -0.39 is 9.84 Å². The number of sulfone groups is 1. The number of allylic oxidation sites excluding steroid dienone is 3. The summed E-state index contributed by atoms with van der Waals surface area (Å²) in [5, 5.41) is 2.85. The van der Waals surface area contributed by atoms with Gasteiger partial charge in [-0.05, 0) is 60.0 Å². The third kappa shape index (κ3) is 5.59. The lowest BCUT2D eigenvalue weighted by Gasteiger charge is -2.28. The maximum Gasteiger partial charge on any atom is 0.255 e. The lowest BCUT2D eigenvalue weighted by Crippen LogP contribution is -2.41. The van der Waals surface area contributed by atoms with E-state index in [1.807, 2.05) is 43.3 Å². The molecule has 0 atom stereocenters. The summed E-state index contributed by atoms with van der Waals surface area (Å²) in [4.78, 5) is 14.7. The molecule has 1 heterocycles. The molecule has 5 N–H and O–H groups in total. The number of nitrogens with zero attached hydrogens (tertiary/aromatic N) is 1. The Kier molecular flexibility index (Phi) is 7.05. The second-order valence-electron chi connectivity index (χ2n) is 7.61. The number of benzene rings is 2. The predicted molar refractivity (Wildman–Crippen MR) is 129 cm³/mol. The van der Waals surface area contributed by atoms with Gasteiger partial charge in [-0.2, -0.15) is 0 Å². The monoisotopic (exact) mass is 452 g/mol. The molecule has 2 aromatic rings. The first kappa shape index (κ1) is 23.1. The Morgan fingerprint density at radius 1 is 1.09 bits per heavy atom. The highest BCUT2D eigenvalue weighted by Crippen LogP contribution is 2.26. The van der Waals surface area contributed by atoms with Crippen LogP contribution in [0, 0.1) is 6.92 Å². The number of rotatable bonds is 6. The van der Waals surface area contributed by atoms with Crippen molar-refractivity contribution in [1.29, 1.82) is 0 Å². The lowest BCUT2D eigenvalue weighted by molar-refractivity contribution is 0.0966. The number of anilines is 1. The second-order valence-corrected chi connectivity index (χ2v) is 9.91. The molecule has 1 fully saturated rings. The van der Waals surface area contributed by atoms with Crippen LogP contribution < -0.4 is 16.8 Å². The van der Waals surface area contributed by atoms with Gasteiger partial charge < -0.3 is 21.7 Å². The fourth-order valence-electron chi connectivity index (χ4n) is 3.47. The van der Waals surface area contributed by atoms with Crippen LogP contribution in [-0.4, -0.2) is 43.8 Å². The molecule has 1 aliphatic heterocycles. The van der Waals surface area contributed by atoms with E-state index in [-0.39, 0.29) is 17.4 Å². The Bertz CT molecular complexity index is 1170. The number of carbonyl (C=O) groups is 1. The van der Waals surface area contributed by atoms with Gasteiger partial charge in [-0.3, -0.25) is 4.79 Å². The van der Waals surface area contributed by atoms with Crippen LogP contribution in [0.15, 0.2) is 78.8 Å². The third-order valence-corrected chi connectivity index (χ3v) is 7.03. The number of nitrogens with one attached hydrogen (secondary N) is 1. The normalized spacial score (nSPS) is 16.5. The van der Waals surface area contributed by atoms with Crippen molar-refractivity contribution in [3.8, 4) is 11.1 Å². The zero-order valence-corrected chi connectivity index (χ0v) is 18.9. The molecule has 0 aromatic heterocycles. The van der Waals surface area contributed by atoms with Crippen LogP contribution in [0.3, 0.4) is 0 Å². The summed E-state index contributed by atoms with van der Waals surface area (Å²) < 4.78 is 23.2. The van der Waals surface area contributed by atoms with E-state index >= 15 is 0 Å². The largest absolute Gasteiger partial charge is 0.399 e. The molecule has 0 bridgehead atoms. The van der Waals surface area contributed by atoms with E-state index in [9.17, 15) is 13.2 Å². The van der Waals surface area contributed by atoms with Gasteiger partial charge in [-0.25, -0.2) is 8.42 Å². The lowest BCUT2D eigenvalue weighted by atomic mass is 9.96. The summed E-state index contributed by atoms with van der Waals surface area (Å²) in [5.41, 5.74) is 16.4.